The summed E-state index contributed by atoms with van der Waals surface area (Å²) in [5.41, 5.74) is 1.62. The quantitative estimate of drug-likeness (QED) is 0.486. The van der Waals surface area contributed by atoms with Crippen LogP contribution >= 0.6 is 23.8 Å². The lowest BCUT2D eigenvalue weighted by Crippen LogP contribution is -2.42. The summed E-state index contributed by atoms with van der Waals surface area (Å²) in [7, 11) is 1.63. The van der Waals surface area contributed by atoms with Crippen molar-refractivity contribution in [2.75, 3.05) is 19.0 Å². The van der Waals surface area contributed by atoms with Crippen LogP contribution in [0, 0.1) is 0 Å². The Kier molecular flexibility index (Phi) is 6.73. The van der Waals surface area contributed by atoms with Crippen molar-refractivity contribution in [1.82, 2.24) is 5.32 Å². The highest BCUT2D eigenvalue weighted by atomic mass is 35.5. The number of fused-ring (bicyclic) bond motifs is 1. The molecule has 0 saturated carbocycles. The highest BCUT2D eigenvalue weighted by molar-refractivity contribution is 7.80. The lowest BCUT2D eigenvalue weighted by Gasteiger charge is -2.38. The van der Waals surface area contributed by atoms with Crippen LogP contribution in [0.25, 0.3) is 0 Å². The molecule has 2 N–H and O–H groups in total. The predicted molar refractivity (Wildman–Crippen MR) is 122 cm³/mol. The van der Waals surface area contributed by atoms with Crippen LogP contribution in [0.2, 0.25) is 5.02 Å². The molecular weight excluding hydrogens is 424 g/mol. The Hall–Kier alpha value is -2.51. The lowest BCUT2D eigenvalue weighted by molar-refractivity contribution is 0.0526. The molecule has 0 aliphatic carbocycles. The van der Waals surface area contributed by atoms with Gasteiger partial charge in [0.2, 0.25) is 0 Å². The van der Waals surface area contributed by atoms with Crippen molar-refractivity contribution in [2.24, 2.45) is 0 Å². The third kappa shape index (κ3) is 5.15. The maximum absolute atomic E-state index is 11.9. The topological polar surface area (TPSA) is 68.8 Å². The molecule has 2 aromatic rings. The van der Waals surface area contributed by atoms with Gasteiger partial charge in [-0.25, -0.2) is 4.79 Å². The first kappa shape index (κ1) is 22.2. The Labute approximate surface area is 186 Å². The van der Waals surface area contributed by atoms with E-state index in [9.17, 15) is 4.79 Å². The number of thiocarbonyl (C=S) groups is 1. The van der Waals surface area contributed by atoms with E-state index < -0.39 is 5.97 Å². The molecular formula is C22H25ClN2O4S. The second-order valence-electron chi connectivity index (χ2n) is 7.54. The molecule has 0 radical (unpaired) electrons. The second-order valence-corrected chi connectivity index (χ2v) is 8.35. The summed E-state index contributed by atoms with van der Waals surface area (Å²) >= 11 is 11.8. The van der Waals surface area contributed by atoms with Gasteiger partial charge in [-0.3, -0.25) is 0 Å². The van der Waals surface area contributed by atoms with Crippen LogP contribution in [0.1, 0.15) is 49.2 Å². The largest absolute Gasteiger partial charge is 0.497 e. The van der Waals surface area contributed by atoms with Crippen LogP contribution in [0.15, 0.2) is 36.4 Å². The second kappa shape index (κ2) is 9.10. The minimum Gasteiger partial charge on any atom is -0.497 e. The standard InChI is InChI=1S/C22H25ClN2O4S/c1-5-28-20(26)15-8-6-13(10-17(15)23)24-21(30)25-18-12-22(2,3)29-19-9-7-14(27-4)11-16(18)19/h6-11,18H,5,12H2,1-4H3,(H2,24,25,30)/t18-/m0/s1. The number of nitrogens with one attached hydrogen (secondary N) is 2. The van der Waals surface area contributed by atoms with Crippen molar-refractivity contribution >= 4 is 40.6 Å². The van der Waals surface area contributed by atoms with Crippen LogP contribution in [0.3, 0.4) is 0 Å². The summed E-state index contributed by atoms with van der Waals surface area (Å²) < 4.78 is 16.5. The number of benzene rings is 2. The fourth-order valence-electron chi connectivity index (χ4n) is 3.38. The van der Waals surface area contributed by atoms with Crippen molar-refractivity contribution in [3.05, 3.63) is 52.5 Å². The molecule has 30 heavy (non-hydrogen) atoms. The lowest BCUT2D eigenvalue weighted by atomic mass is 9.89. The van der Waals surface area contributed by atoms with E-state index in [0.29, 0.717) is 21.4 Å². The summed E-state index contributed by atoms with van der Waals surface area (Å²) in [5.74, 6) is 1.10. The Bertz CT molecular complexity index is 964. The Morgan fingerprint density at radius 1 is 1.30 bits per heavy atom. The predicted octanol–water partition coefficient (Wildman–Crippen LogP) is 5.11. The molecule has 1 atom stereocenters. The first-order valence-electron chi connectivity index (χ1n) is 9.63. The first-order valence-corrected chi connectivity index (χ1v) is 10.4. The zero-order valence-electron chi connectivity index (χ0n) is 17.4. The molecule has 0 spiro atoms. The molecule has 1 aliphatic heterocycles. The number of hydrogen-bond acceptors (Lipinski definition) is 5. The number of rotatable bonds is 5. The molecule has 0 amide bonds. The summed E-state index contributed by atoms with van der Waals surface area (Å²) in [6.45, 7) is 6.12. The van der Waals surface area contributed by atoms with Gasteiger partial charge < -0.3 is 24.8 Å². The zero-order chi connectivity index (χ0) is 21.9. The highest BCUT2D eigenvalue weighted by Crippen LogP contribution is 2.41. The Balaban J connectivity index is 1.75. The number of carbonyl (C=O) groups is 1. The smallest absolute Gasteiger partial charge is 0.339 e. The van der Waals surface area contributed by atoms with E-state index in [2.05, 4.69) is 10.6 Å². The van der Waals surface area contributed by atoms with Gasteiger partial charge in [-0.05, 0) is 69.4 Å². The van der Waals surface area contributed by atoms with Crippen molar-refractivity contribution in [3.63, 3.8) is 0 Å². The summed E-state index contributed by atoms with van der Waals surface area (Å²) in [5, 5.41) is 7.22. The van der Waals surface area contributed by atoms with Crippen LogP contribution in [-0.2, 0) is 4.74 Å². The molecule has 0 unspecified atom stereocenters. The normalized spacial score (nSPS) is 16.6. The minimum absolute atomic E-state index is 0.0619. The van der Waals surface area contributed by atoms with E-state index >= 15 is 0 Å². The summed E-state index contributed by atoms with van der Waals surface area (Å²) in [6.07, 6.45) is 0.720. The Morgan fingerprint density at radius 2 is 2.07 bits per heavy atom. The average Bonchev–Trinajstić information content (AvgIpc) is 2.67. The number of hydrogen-bond donors (Lipinski definition) is 2. The van der Waals surface area contributed by atoms with Crippen molar-refractivity contribution in [1.29, 1.82) is 0 Å². The van der Waals surface area contributed by atoms with Gasteiger partial charge >= 0.3 is 5.97 Å². The van der Waals surface area contributed by atoms with Gasteiger partial charge in [-0.2, -0.15) is 0 Å². The molecule has 0 saturated heterocycles. The minimum atomic E-state index is -0.454. The van der Waals surface area contributed by atoms with Crippen molar-refractivity contribution in [3.8, 4) is 11.5 Å². The van der Waals surface area contributed by atoms with Gasteiger partial charge in [-0.1, -0.05) is 11.6 Å². The Morgan fingerprint density at radius 3 is 2.73 bits per heavy atom. The van der Waals surface area contributed by atoms with Gasteiger partial charge in [0.25, 0.3) is 0 Å². The number of esters is 1. The van der Waals surface area contributed by atoms with E-state index in [1.54, 1.807) is 32.2 Å². The number of anilines is 1. The van der Waals surface area contributed by atoms with E-state index in [-0.39, 0.29) is 18.2 Å². The third-order valence-corrected chi connectivity index (χ3v) is 5.23. The summed E-state index contributed by atoms with van der Waals surface area (Å²) in [4.78, 5) is 11.9. The highest BCUT2D eigenvalue weighted by Gasteiger charge is 2.34. The van der Waals surface area contributed by atoms with Crippen LogP contribution in [0.4, 0.5) is 5.69 Å². The van der Waals surface area contributed by atoms with Crippen LogP contribution < -0.4 is 20.1 Å². The molecule has 3 rings (SSSR count). The molecule has 0 bridgehead atoms. The van der Waals surface area contributed by atoms with Crippen LogP contribution in [0.5, 0.6) is 11.5 Å². The van der Waals surface area contributed by atoms with E-state index in [0.717, 1.165) is 23.5 Å². The molecule has 0 fully saturated rings. The van der Waals surface area contributed by atoms with E-state index in [1.165, 1.54) is 0 Å². The number of carbonyl (C=O) groups excluding carboxylic acids is 1. The fraction of sp³-hybridized carbons (Fsp3) is 0.364. The van der Waals surface area contributed by atoms with Gasteiger partial charge in [0.15, 0.2) is 5.11 Å². The van der Waals surface area contributed by atoms with Crippen LogP contribution in [-0.4, -0.2) is 30.4 Å². The van der Waals surface area contributed by atoms with Gasteiger partial charge in [0.1, 0.15) is 17.1 Å². The van der Waals surface area contributed by atoms with E-state index in [4.69, 9.17) is 38.0 Å². The van der Waals surface area contributed by atoms with E-state index in [1.807, 2.05) is 32.0 Å². The number of ether oxygens (including phenoxy) is 3. The molecule has 6 nitrogen and oxygen atoms in total. The van der Waals surface area contributed by atoms with Gasteiger partial charge in [0, 0.05) is 17.7 Å². The van der Waals surface area contributed by atoms with Crippen molar-refractivity contribution in [2.45, 2.75) is 38.8 Å². The average molecular weight is 449 g/mol. The molecule has 8 heteroatoms. The molecule has 1 aliphatic rings. The molecule has 2 aromatic carbocycles. The first-order chi connectivity index (χ1) is 14.2. The SMILES string of the molecule is CCOC(=O)c1ccc(NC(=S)N[C@H]2CC(C)(C)Oc3ccc(OC)cc32)cc1Cl. The maximum Gasteiger partial charge on any atom is 0.339 e. The molecule has 0 aromatic heterocycles. The fourth-order valence-corrected chi connectivity index (χ4v) is 3.90. The van der Waals surface area contributed by atoms with Crippen molar-refractivity contribution < 1.29 is 19.0 Å². The van der Waals surface area contributed by atoms with Gasteiger partial charge in [-0.15, -0.1) is 0 Å². The maximum atomic E-state index is 11.9. The molecule has 160 valence electrons. The van der Waals surface area contributed by atoms with Gasteiger partial charge in [0.05, 0.1) is 30.3 Å². The third-order valence-electron chi connectivity index (χ3n) is 4.70. The summed E-state index contributed by atoms with van der Waals surface area (Å²) in [6, 6.07) is 10.7. The molecule has 1 heterocycles. The zero-order valence-corrected chi connectivity index (χ0v) is 18.9. The monoisotopic (exact) mass is 448 g/mol. The number of methoxy groups -OCH3 is 1. The number of halogens is 1.